The minimum atomic E-state index is -0.782. The molecule has 0 radical (unpaired) electrons. The summed E-state index contributed by atoms with van der Waals surface area (Å²) in [5.74, 6) is -0.185. The van der Waals surface area contributed by atoms with Gasteiger partial charge in [0, 0.05) is 20.5 Å². The molecule has 7 nitrogen and oxygen atoms in total. The maximum atomic E-state index is 14.0. The van der Waals surface area contributed by atoms with Crippen molar-refractivity contribution in [3.63, 3.8) is 0 Å². The van der Waals surface area contributed by atoms with E-state index in [9.17, 15) is 14.4 Å². The molecule has 1 aromatic heterocycles. The summed E-state index contributed by atoms with van der Waals surface area (Å²) in [7, 11) is 3.50. The number of likely N-dealkylation sites (N-methyl/N-ethyl adjacent to an activating group) is 1. The molecule has 0 fully saturated rings. The van der Waals surface area contributed by atoms with E-state index in [-0.39, 0.29) is 24.7 Å². The summed E-state index contributed by atoms with van der Waals surface area (Å²) in [4.78, 5) is 44.2. The lowest BCUT2D eigenvalue weighted by Gasteiger charge is -2.28. The molecule has 1 heterocycles. The van der Waals surface area contributed by atoms with Gasteiger partial charge in [-0.15, -0.1) is 0 Å². The number of amides is 1. The van der Waals surface area contributed by atoms with Crippen LogP contribution in [-0.4, -0.2) is 47.1 Å². The van der Waals surface area contributed by atoms with Gasteiger partial charge in [0.05, 0.1) is 17.8 Å². The van der Waals surface area contributed by atoms with Crippen LogP contribution >= 0.6 is 0 Å². The van der Waals surface area contributed by atoms with Crippen LogP contribution in [-0.2, 0) is 11.2 Å². The molecule has 0 bridgehead atoms. The highest BCUT2D eigenvalue weighted by molar-refractivity contribution is 5.94. The fraction of sp³-hybridized carbons (Fsp3) is 0.233. The van der Waals surface area contributed by atoms with E-state index in [4.69, 9.17) is 1.37 Å². The summed E-state index contributed by atoms with van der Waals surface area (Å²) in [6, 6.07) is 25.0. The van der Waals surface area contributed by atoms with Gasteiger partial charge in [-0.3, -0.25) is 14.5 Å². The Balaban J connectivity index is 1.95. The molecule has 1 amide bonds. The summed E-state index contributed by atoms with van der Waals surface area (Å²) >= 11 is 0. The van der Waals surface area contributed by atoms with Crippen molar-refractivity contribution < 1.29 is 6.17 Å². The van der Waals surface area contributed by atoms with E-state index >= 15 is 0 Å². The molecule has 37 heavy (non-hydrogen) atoms. The second-order valence-electron chi connectivity index (χ2n) is 9.28. The Morgan fingerprint density at radius 2 is 1.35 bits per heavy atom. The predicted octanol–water partition coefficient (Wildman–Crippen LogP) is 3.74. The number of aromatic nitrogens is 2. The molecule has 7 heteroatoms. The SMILES string of the molecule is [2H]C(CN(C(=O)Cc1ccccc1)c1cc(=O)n(-c2ccc(C)cc2)c(=O)n1-c1ccc(C)cc1)N(C)C. The van der Waals surface area contributed by atoms with Crippen molar-refractivity contribution in [3.8, 4) is 11.4 Å². The van der Waals surface area contributed by atoms with Crippen molar-refractivity contribution in [3.05, 3.63) is 122 Å². The molecule has 0 aliphatic carbocycles. The smallest absolute Gasteiger partial charge is 0.308 e. The average molecular weight is 498 g/mol. The highest BCUT2D eigenvalue weighted by atomic mass is 16.2. The third-order valence-electron chi connectivity index (χ3n) is 6.07. The summed E-state index contributed by atoms with van der Waals surface area (Å²) in [5.41, 5.74) is 2.61. The topological polar surface area (TPSA) is 67.5 Å². The van der Waals surface area contributed by atoms with E-state index in [1.165, 1.54) is 15.5 Å². The Morgan fingerprint density at radius 3 is 1.89 bits per heavy atom. The Morgan fingerprint density at radius 1 is 0.811 bits per heavy atom. The zero-order chi connectivity index (χ0) is 27.4. The second-order valence-corrected chi connectivity index (χ2v) is 9.28. The number of carbonyl (C=O) groups excluding carboxylic acids is 1. The van der Waals surface area contributed by atoms with Gasteiger partial charge >= 0.3 is 5.69 Å². The Labute approximate surface area is 218 Å². The molecule has 0 N–H and O–H groups in total. The quantitative estimate of drug-likeness (QED) is 0.372. The van der Waals surface area contributed by atoms with Gasteiger partial charge in [0.15, 0.2) is 0 Å². The summed E-state index contributed by atoms with van der Waals surface area (Å²) in [5, 5.41) is 0. The molecule has 0 aliphatic rings. The molecule has 3 aromatic carbocycles. The molecule has 0 saturated heterocycles. The molecule has 1 atom stereocenters. The lowest BCUT2D eigenvalue weighted by atomic mass is 10.1. The number of carbonyl (C=O) groups is 1. The normalized spacial score (nSPS) is 12.3. The molecule has 0 spiro atoms. The van der Waals surface area contributed by atoms with Crippen LogP contribution in [0.15, 0.2) is 94.5 Å². The monoisotopic (exact) mass is 497 g/mol. The molecule has 190 valence electrons. The van der Waals surface area contributed by atoms with Crippen LogP contribution in [0.5, 0.6) is 0 Å². The van der Waals surface area contributed by atoms with Crippen molar-refractivity contribution in [1.82, 2.24) is 14.0 Å². The zero-order valence-electron chi connectivity index (χ0n) is 22.6. The van der Waals surface area contributed by atoms with Crippen LogP contribution in [0.25, 0.3) is 11.4 Å². The third kappa shape index (κ3) is 5.95. The van der Waals surface area contributed by atoms with E-state index < -0.39 is 17.8 Å². The minimum Gasteiger partial charge on any atom is -0.308 e. The fourth-order valence-electron chi connectivity index (χ4n) is 4.03. The fourth-order valence-corrected chi connectivity index (χ4v) is 4.03. The number of aryl methyl sites for hydroxylation is 2. The van der Waals surface area contributed by atoms with E-state index in [1.807, 2.05) is 68.4 Å². The first-order chi connectivity index (χ1) is 18.2. The van der Waals surface area contributed by atoms with Crippen LogP contribution in [0.4, 0.5) is 5.82 Å². The number of hydrogen-bond donors (Lipinski definition) is 0. The van der Waals surface area contributed by atoms with Crippen LogP contribution in [0.2, 0.25) is 0 Å². The van der Waals surface area contributed by atoms with E-state index in [0.29, 0.717) is 11.4 Å². The lowest BCUT2D eigenvalue weighted by molar-refractivity contribution is -0.118. The van der Waals surface area contributed by atoms with E-state index in [2.05, 4.69) is 0 Å². The van der Waals surface area contributed by atoms with Crippen molar-refractivity contribution in [2.24, 2.45) is 0 Å². The lowest BCUT2D eigenvalue weighted by Crippen LogP contribution is -2.45. The van der Waals surface area contributed by atoms with Gasteiger partial charge in [-0.2, -0.15) is 0 Å². The van der Waals surface area contributed by atoms with Gasteiger partial charge in [-0.25, -0.2) is 13.9 Å². The molecule has 1 unspecified atom stereocenters. The minimum absolute atomic E-state index is 0.0298. The molecular formula is C30H32N4O3. The Hall–Kier alpha value is -4.23. The number of rotatable bonds is 8. The predicted molar refractivity (Wildman–Crippen MR) is 148 cm³/mol. The Kier molecular flexibility index (Phi) is 7.42. The second kappa shape index (κ2) is 11.2. The number of anilines is 1. The first-order valence-corrected chi connectivity index (χ1v) is 12.1. The summed E-state index contributed by atoms with van der Waals surface area (Å²) < 4.78 is 11.0. The molecule has 4 aromatic rings. The van der Waals surface area contributed by atoms with Crippen LogP contribution in [0, 0.1) is 13.8 Å². The van der Waals surface area contributed by atoms with Crippen LogP contribution in [0.1, 0.15) is 18.1 Å². The van der Waals surface area contributed by atoms with Crippen molar-refractivity contribution in [2.45, 2.75) is 20.3 Å². The largest absolute Gasteiger partial charge is 0.341 e. The van der Waals surface area contributed by atoms with Crippen molar-refractivity contribution >= 4 is 11.7 Å². The highest BCUT2D eigenvalue weighted by Crippen LogP contribution is 2.19. The maximum absolute atomic E-state index is 14.0. The number of nitrogens with zero attached hydrogens (tertiary/aromatic N) is 4. The first-order valence-electron chi connectivity index (χ1n) is 12.7. The van der Waals surface area contributed by atoms with Crippen LogP contribution in [0.3, 0.4) is 0 Å². The standard InChI is InChI=1S/C30H32N4O3/c1-22-10-14-25(15-11-22)33-27(21-29(36)34(30(33)37)26-16-12-23(2)13-17-26)32(19-18-31(3)4)28(35)20-24-8-6-5-7-9-24/h5-17,21H,18-20H2,1-4H3/i18D. The molecule has 0 saturated carbocycles. The van der Waals surface area contributed by atoms with Gasteiger partial charge in [-0.05, 0) is 57.8 Å². The number of hydrogen-bond acceptors (Lipinski definition) is 4. The molecule has 0 aliphatic heterocycles. The molecule has 4 rings (SSSR count). The Bertz CT molecular complexity index is 1530. The zero-order valence-corrected chi connectivity index (χ0v) is 21.6. The van der Waals surface area contributed by atoms with Gasteiger partial charge in [-0.1, -0.05) is 65.7 Å². The van der Waals surface area contributed by atoms with Crippen LogP contribution < -0.4 is 16.1 Å². The molecular weight excluding hydrogens is 464 g/mol. The number of benzene rings is 3. The van der Waals surface area contributed by atoms with Crippen molar-refractivity contribution in [2.75, 3.05) is 32.1 Å². The van der Waals surface area contributed by atoms with Gasteiger partial charge in [0.2, 0.25) is 5.91 Å². The maximum Gasteiger partial charge on any atom is 0.341 e. The van der Waals surface area contributed by atoms with Crippen molar-refractivity contribution in [1.29, 1.82) is 0 Å². The van der Waals surface area contributed by atoms with E-state index in [0.717, 1.165) is 21.3 Å². The third-order valence-corrected chi connectivity index (χ3v) is 6.07. The summed E-state index contributed by atoms with van der Waals surface area (Å²) in [6.45, 7) is 3.06. The van der Waals surface area contributed by atoms with Gasteiger partial charge in [0.25, 0.3) is 5.56 Å². The highest BCUT2D eigenvalue weighted by Gasteiger charge is 2.24. The average Bonchev–Trinajstić information content (AvgIpc) is 2.89. The van der Waals surface area contributed by atoms with Gasteiger partial charge in [0.1, 0.15) is 5.82 Å². The van der Waals surface area contributed by atoms with Gasteiger partial charge < -0.3 is 4.90 Å². The van der Waals surface area contributed by atoms with E-state index in [1.54, 1.807) is 43.3 Å². The summed E-state index contributed by atoms with van der Waals surface area (Å²) in [6.07, 6.45) is 0.0596. The first kappa shape index (κ1) is 24.5.